The number of halogens is 2. The Morgan fingerprint density at radius 3 is 2.45 bits per heavy atom. The maximum Gasteiger partial charge on any atom is 0.269 e. The molecule has 1 aliphatic carbocycles. The molecule has 0 spiro atoms. The van der Waals surface area contributed by atoms with Crippen LogP contribution in [0.25, 0.3) is 0 Å². The molecule has 1 aliphatic rings. The lowest BCUT2D eigenvalue weighted by molar-refractivity contribution is 0.0948. The van der Waals surface area contributed by atoms with Gasteiger partial charge in [0.1, 0.15) is 5.69 Å². The van der Waals surface area contributed by atoms with Crippen LogP contribution in [0.2, 0.25) is 0 Å². The SMILES string of the molecule is Cc1cccc(C(=O)NCCNC2CCCCCC2)n1.Cl.Cl. The quantitative estimate of drug-likeness (QED) is 0.634. The molecule has 0 radical (unpaired) electrons. The molecule has 126 valence electrons. The predicted molar refractivity (Wildman–Crippen MR) is 95.3 cm³/mol. The summed E-state index contributed by atoms with van der Waals surface area (Å²) >= 11 is 0. The second-order valence-electron chi connectivity index (χ2n) is 5.56. The highest BCUT2D eigenvalue weighted by molar-refractivity contribution is 5.92. The Hall–Kier alpha value is -0.840. The molecule has 0 unspecified atom stereocenters. The first-order valence-electron chi connectivity index (χ1n) is 7.71. The number of amides is 1. The van der Waals surface area contributed by atoms with Crippen LogP contribution in [0.15, 0.2) is 18.2 Å². The number of nitrogens with one attached hydrogen (secondary N) is 2. The average Bonchev–Trinajstić information content (AvgIpc) is 2.72. The second kappa shape index (κ2) is 11.7. The number of carbonyl (C=O) groups is 1. The molecule has 4 nitrogen and oxygen atoms in total. The highest BCUT2D eigenvalue weighted by atomic mass is 35.5. The molecule has 6 heteroatoms. The first-order valence-corrected chi connectivity index (χ1v) is 7.71. The summed E-state index contributed by atoms with van der Waals surface area (Å²) in [7, 11) is 0. The van der Waals surface area contributed by atoms with Crippen LogP contribution in [0.4, 0.5) is 0 Å². The molecule has 0 atom stereocenters. The van der Waals surface area contributed by atoms with E-state index in [2.05, 4.69) is 15.6 Å². The summed E-state index contributed by atoms with van der Waals surface area (Å²) in [6, 6.07) is 6.14. The van der Waals surface area contributed by atoms with Gasteiger partial charge in [-0.15, -0.1) is 24.8 Å². The van der Waals surface area contributed by atoms with Gasteiger partial charge in [-0.2, -0.15) is 0 Å². The molecule has 0 aliphatic heterocycles. The van der Waals surface area contributed by atoms with Crippen LogP contribution in [0.1, 0.15) is 54.7 Å². The molecule has 1 saturated carbocycles. The fourth-order valence-corrected chi connectivity index (χ4v) is 2.70. The molecule has 1 heterocycles. The molecule has 22 heavy (non-hydrogen) atoms. The van der Waals surface area contributed by atoms with Gasteiger partial charge in [-0.3, -0.25) is 4.79 Å². The summed E-state index contributed by atoms with van der Waals surface area (Å²) in [5.74, 6) is -0.0867. The lowest BCUT2D eigenvalue weighted by Crippen LogP contribution is -2.37. The molecular weight excluding hydrogens is 321 g/mol. The third-order valence-corrected chi connectivity index (χ3v) is 3.82. The summed E-state index contributed by atoms with van der Waals surface area (Å²) in [4.78, 5) is 16.1. The van der Waals surface area contributed by atoms with Crippen LogP contribution >= 0.6 is 24.8 Å². The second-order valence-corrected chi connectivity index (χ2v) is 5.56. The molecule has 1 fully saturated rings. The van der Waals surface area contributed by atoms with Crippen molar-refractivity contribution in [2.45, 2.75) is 51.5 Å². The highest BCUT2D eigenvalue weighted by Crippen LogP contribution is 2.16. The van der Waals surface area contributed by atoms with Gasteiger partial charge in [0, 0.05) is 24.8 Å². The topological polar surface area (TPSA) is 54.0 Å². The third-order valence-electron chi connectivity index (χ3n) is 3.82. The van der Waals surface area contributed by atoms with Crippen LogP contribution in [-0.4, -0.2) is 30.0 Å². The van der Waals surface area contributed by atoms with E-state index in [0.29, 0.717) is 18.3 Å². The van der Waals surface area contributed by atoms with E-state index in [1.165, 1.54) is 38.5 Å². The van der Waals surface area contributed by atoms with Crippen molar-refractivity contribution in [3.63, 3.8) is 0 Å². The summed E-state index contributed by atoms with van der Waals surface area (Å²) < 4.78 is 0. The molecule has 1 amide bonds. The Kier molecular flexibility index (Phi) is 11.2. The number of hydrogen-bond acceptors (Lipinski definition) is 3. The molecular formula is C16H27Cl2N3O. The Labute approximate surface area is 145 Å². The van der Waals surface area contributed by atoms with Gasteiger partial charge in [0.15, 0.2) is 0 Å². The fraction of sp³-hybridized carbons (Fsp3) is 0.625. The van der Waals surface area contributed by atoms with Crippen molar-refractivity contribution in [3.8, 4) is 0 Å². The van der Waals surface area contributed by atoms with Gasteiger partial charge in [0.25, 0.3) is 5.91 Å². The van der Waals surface area contributed by atoms with Crippen LogP contribution in [0.5, 0.6) is 0 Å². The van der Waals surface area contributed by atoms with E-state index in [1.807, 2.05) is 19.1 Å². The van der Waals surface area contributed by atoms with Crippen molar-refractivity contribution < 1.29 is 4.79 Å². The van der Waals surface area contributed by atoms with Crippen LogP contribution < -0.4 is 10.6 Å². The maximum atomic E-state index is 11.9. The van der Waals surface area contributed by atoms with Gasteiger partial charge >= 0.3 is 0 Å². The first-order chi connectivity index (χ1) is 9.75. The average molecular weight is 348 g/mol. The number of aryl methyl sites for hydroxylation is 1. The number of pyridine rings is 1. The molecule has 0 aromatic carbocycles. The zero-order chi connectivity index (χ0) is 14.2. The predicted octanol–water partition coefficient (Wildman–Crippen LogP) is 3.28. The standard InChI is InChI=1S/C16H25N3O.2ClH/c1-13-7-6-10-15(19-13)16(20)18-12-11-17-14-8-4-2-3-5-9-14;;/h6-7,10,14,17H,2-5,8-9,11-12H2,1H3,(H,18,20);2*1H. The molecule has 2 N–H and O–H groups in total. The van der Waals surface area contributed by atoms with Crippen molar-refractivity contribution in [2.24, 2.45) is 0 Å². The number of carbonyl (C=O) groups excluding carboxylic acids is 1. The van der Waals surface area contributed by atoms with Gasteiger partial charge in [-0.1, -0.05) is 31.7 Å². The lowest BCUT2D eigenvalue weighted by Gasteiger charge is -2.16. The summed E-state index contributed by atoms with van der Waals surface area (Å²) in [5, 5.41) is 6.46. The van der Waals surface area contributed by atoms with E-state index in [4.69, 9.17) is 0 Å². The lowest BCUT2D eigenvalue weighted by atomic mass is 10.1. The highest BCUT2D eigenvalue weighted by Gasteiger charge is 2.11. The Morgan fingerprint density at radius 2 is 1.82 bits per heavy atom. The number of rotatable bonds is 5. The van der Waals surface area contributed by atoms with Crippen molar-refractivity contribution in [2.75, 3.05) is 13.1 Å². The van der Waals surface area contributed by atoms with Gasteiger partial charge in [-0.25, -0.2) is 4.98 Å². The minimum Gasteiger partial charge on any atom is -0.349 e. The molecule has 0 bridgehead atoms. The molecule has 1 aromatic heterocycles. The molecule has 2 rings (SSSR count). The number of aromatic nitrogens is 1. The fourth-order valence-electron chi connectivity index (χ4n) is 2.70. The van der Waals surface area contributed by atoms with Crippen molar-refractivity contribution in [3.05, 3.63) is 29.6 Å². The summed E-state index contributed by atoms with van der Waals surface area (Å²) in [6.45, 7) is 3.39. The third kappa shape index (κ3) is 7.43. The maximum absolute atomic E-state index is 11.9. The summed E-state index contributed by atoms with van der Waals surface area (Å²) in [6.07, 6.45) is 7.94. The van der Waals surface area contributed by atoms with Crippen LogP contribution in [0.3, 0.4) is 0 Å². The Morgan fingerprint density at radius 1 is 1.14 bits per heavy atom. The zero-order valence-corrected chi connectivity index (χ0v) is 14.8. The molecule has 0 saturated heterocycles. The smallest absolute Gasteiger partial charge is 0.269 e. The van der Waals surface area contributed by atoms with Crippen molar-refractivity contribution >= 4 is 30.7 Å². The summed E-state index contributed by atoms with van der Waals surface area (Å²) in [5.41, 5.74) is 1.37. The first kappa shape index (κ1) is 21.2. The van der Waals surface area contributed by atoms with Gasteiger partial charge in [0.2, 0.25) is 0 Å². The monoisotopic (exact) mass is 347 g/mol. The van der Waals surface area contributed by atoms with Gasteiger partial charge in [0.05, 0.1) is 0 Å². The minimum absolute atomic E-state index is 0. The normalized spacial score (nSPS) is 15.1. The van der Waals surface area contributed by atoms with Gasteiger partial charge < -0.3 is 10.6 Å². The van der Waals surface area contributed by atoms with Crippen molar-refractivity contribution in [1.82, 2.24) is 15.6 Å². The van der Waals surface area contributed by atoms with E-state index in [-0.39, 0.29) is 30.7 Å². The van der Waals surface area contributed by atoms with E-state index in [0.717, 1.165) is 12.2 Å². The van der Waals surface area contributed by atoms with E-state index >= 15 is 0 Å². The van der Waals surface area contributed by atoms with E-state index in [9.17, 15) is 4.79 Å². The zero-order valence-electron chi connectivity index (χ0n) is 13.1. The van der Waals surface area contributed by atoms with Crippen LogP contribution in [0, 0.1) is 6.92 Å². The van der Waals surface area contributed by atoms with E-state index in [1.54, 1.807) is 6.07 Å². The molecule has 1 aromatic rings. The van der Waals surface area contributed by atoms with E-state index < -0.39 is 0 Å². The van der Waals surface area contributed by atoms with Crippen molar-refractivity contribution in [1.29, 1.82) is 0 Å². The number of nitrogens with zero attached hydrogens (tertiary/aromatic N) is 1. The Bertz CT molecular complexity index is 435. The van der Waals surface area contributed by atoms with Gasteiger partial charge in [-0.05, 0) is 31.9 Å². The Balaban J connectivity index is 0.00000220. The number of hydrogen-bond donors (Lipinski definition) is 2. The van der Waals surface area contributed by atoms with Crippen LogP contribution in [-0.2, 0) is 0 Å². The largest absolute Gasteiger partial charge is 0.349 e. The minimum atomic E-state index is -0.0867.